The molecule has 1 fully saturated rings. The van der Waals surface area contributed by atoms with Crippen LogP contribution in [-0.4, -0.2) is 29.0 Å². The van der Waals surface area contributed by atoms with E-state index in [1.54, 1.807) is 13.8 Å². The molecule has 2 N–H and O–H groups in total. The number of hydrogen-bond acceptors (Lipinski definition) is 5. The molecule has 7 heteroatoms. The molecule has 3 rings (SSSR count). The van der Waals surface area contributed by atoms with Gasteiger partial charge in [-0.15, -0.1) is 0 Å². The molecule has 0 spiro atoms. The van der Waals surface area contributed by atoms with Crippen LogP contribution in [-0.2, 0) is 17.8 Å². The monoisotopic (exact) mass is 379 g/mol. The van der Waals surface area contributed by atoms with E-state index in [1.165, 1.54) is 12.8 Å². The van der Waals surface area contributed by atoms with Crippen LogP contribution >= 0.6 is 0 Å². The van der Waals surface area contributed by atoms with Crippen LogP contribution in [0.4, 0.5) is 5.82 Å². The number of aryl methyl sites for hydroxylation is 1. The van der Waals surface area contributed by atoms with Gasteiger partial charge in [0, 0.05) is 37.9 Å². The minimum atomic E-state index is -0.379. The number of anilines is 1. The zero-order valence-electron chi connectivity index (χ0n) is 16.3. The summed E-state index contributed by atoms with van der Waals surface area (Å²) < 4.78 is 0. The van der Waals surface area contributed by atoms with Gasteiger partial charge in [0.1, 0.15) is 17.5 Å². The molecule has 2 aromatic rings. The molecule has 0 aromatic carbocycles. The number of carbonyl (C=O) groups is 1. The van der Waals surface area contributed by atoms with Gasteiger partial charge < -0.3 is 15.2 Å². The highest BCUT2D eigenvalue weighted by atomic mass is 16.1. The highest BCUT2D eigenvalue weighted by Gasteiger charge is 2.14. The van der Waals surface area contributed by atoms with Crippen molar-refractivity contribution in [2.24, 2.45) is 0 Å². The van der Waals surface area contributed by atoms with E-state index in [0.717, 1.165) is 30.0 Å². The molecule has 0 unspecified atom stereocenters. The summed E-state index contributed by atoms with van der Waals surface area (Å²) in [4.78, 5) is 33.5. The first-order valence-electron chi connectivity index (χ1n) is 9.58. The van der Waals surface area contributed by atoms with Crippen molar-refractivity contribution in [3.05, 3.63) is 56.6 Å². The smallest absolute Gasteiger partial charge is 0.266 e. The van der Waals surface area contributed by atoms with Crippen LogP contribution in [0.3, 0.4) is 0 Å². The van der Waals surface area contributed by atoms with E-state index in [1.807, 2.05) is 24.4 Å². The average molecular weight is 379 g/mol. The van der Waals surface area contributed by atoms with Crippen LogP contribution in [0.1, 0.15) is 47.2 Å². The van der Waals surface area contributed by atoms with E-state index in [9.17, 15) is 9.59 Å². The fourth-order valence-electron chi connectivity index (χ4n) is 3.60. The molecule has 1 saturated heterocycles. The molecule has 0 radical (unpaired) electrons. The molecule has 28 heavy (non-hydrogen) atoms. The Bertz CT molecular complexity index is 950. The van der Waals surface area contributed by atoms with E-state index in [-0.39, 0.29) is 23.5 Å². The fraction of sp³-hybridized carbons (Fsp3) is 0.429. The Morgan fingerprint density at radius 3 is 2.71 bits per heavy atom. The normalized spacial score (nSPS) is 13.4. The van der Waals surface area contributed by atoms with Gasteiger partial charge in [-0.05, 0) is 55.9 Å². The van der Waals surface area contributed by atoms with Gasteiger partial charge in [0.15, 0.2) is 0 Å². The third kappa shape index (κ3) is 4.39. The molecule has 3 heterocycles. The maximum absolute atomic E-state index is 12.2. The van der Waals surface area contributed by atoms with Crippen LogP contribution < -0.4 is 15.8 Å². The van der Waals surface area contributed by atoms with Crippen LogP contribution in [0.25, 0.3) is 0 Å². The quantitative estimate of drug-likeness (QED) is 0.800. The minimum absolute atomic E-state index is 0.0767. The van der Waals surface area contributed by atoms with Crippen molar-refractivity contribution in [2.75, 3.05) is 18.0 Å². The van der Waals surface area contributed by atoms with Crippen molar-refractivity contribution in [2.45, 2.75) is 46.1 Å². The fourth-order valence-corrected chi connectivity index (χ4v) is 3.60. The summed E-state index contributed by atoms with van der Waals surface area (Å²) in [7, 11) is 0. The SMILES string of the molecule is Cc1[nH]c(=O)c(C#N)c(C)c1CCC(=O)NCc1ccc(N2CCCC2)nc1. The zero-order chi connectivity index (χ0) is 20.1. The lowest BCUT2D eigenvalue weighted by Crippen LogP contribution is -2.24. The van der Waals surface area contributed by atoms with Crippen molar-refractivity contribution in [1.82, 2.24) is 15.3 Å². The Kier molecular flexibility index (Phi) is 6.09. The number of nitrogens with one attached hydrogen (secondary N) is 2. The van der Waals surface area contributed by atoms with Gasteiger partial charge in [0.2, 0.25) is 5.91 Å². The maximum Gasteiger partial charge on any atom is 0.266 e. The molecular formula is C21H25N5O2. The van der Waals surface area contributed by atoms with Crippen molar-refractivity contribution in [3.63, 3.8) is 0 Å². The molecule has 2 aromatic heterocycles. The number of nitriles is 1. The number of carbonyl (C=O) groups excluding carboxylic acids is 1. The molecule has 7 nitrogen and oxygen atoms in total. The second kappa shape index (κ2) is 8.70. The third-order valence-corrected chi connectivity index (χ3v) is 5.25. The molecular weight excluding hydrogens is 354 g/mol. The Morgan fingerprint density at radius 2 is 2.07 bits per heavy atom. The van der Waals surface area contributed by atoms with E-state index >= 15 is 0 Å². The lowest BCUT2D eigenvalue weighted by molar-refractivity contribution is -0.121. The summed E-state index contributed by atoms with van der Waals surface area (Å²) in [6.07, 6.45) is 5.00. The lowest BCUT2D eigenvalue weighted by Gasteiger charge is -2.16. The molecule has 1 aliphatic heterocycles. The largest absolute Gasteiger partial charge is 0.357 e. The first kappa shape index (κ1) is 19.6. The summed E-state index contributed by atoms with van der Waals surface area (Å²) in [5.41, 5.74) is 2.90. The van der Waals surface area contributed by atoms with Crippen LogP contribution in [0, 0.1) is 25.2 Å². The van der Waals surface area contributed by atoms with Crippen LogP contribution in [0.15, 0.2) is 23.1 Å². The van der Waals surface area contributed by atoms with Gasteiger partial charge >= 0.3 is 0 Å². The van der Waals surface area contributed by atoms with Crippen molar-refractivity contribution >= 4 is 11.7 Å². The average Bonchev–Trinajstić information content (AvgIpc) is 3.21. The number of pyridine rings is 2. The van der Waals surface area contributed by atoms with Gasteiger partial charge in [-0.2, -0.15) is 5.26 Å². The van der Waals surface area contributed by atoms with E-state index in [4.69, 9.17) is 5.26 Å². The number of rotatable bonds is 6. The molecule has 0 bridgehead atoms. The summed E-state index contributed by atoms with van der Waals surface area (Å²) in [5.74, 6) is 0.914. The number of H-pyrrole nitrogens is 1. The highest BCUT2D eigenvalue weighted by molar-refractivity contribution is 5.76. The molecule has 146 valence electrons. The number of hydrogen-bond donors (Lipinski definition) is 2. The summed E-state index contributed by atoms with van der Waals surface area (Å²) >= 11 is 0. The third-order valence-electron chi connectivity index (χ3n) is 5.25. The Balaban J connectivity index is 1.54. The van der Waals surface area contributed by atoms with Gasteiger partial charge in [0.05, 0.1) is 0 Å². The molecule has 0 saturated carbocycles. The first-order chi connectivity index (χ1) is 13.5. The number of amides is 1. The number of aromatic nitrogens is 2. The molecule has 1 aliphatic rings. The first-order valence-corrected chi connectivity index (χ1v) is 9.58. The van der Waals surface area contributed by atoms with E-state index < -0.39 is 0 Å². The Hall–Kier alpha value is -3.14. The zero-order valence-corrected chi connectivity index (χ0v) is 16.3. The van der Waals surface area contributed by atoms with Gasteiger partial charge in [-0.25, -0.2) is 4.98 Å². The predicted octanol–water partition coefficient (Wildman–Crippen LogP) is 2.11. The van der Waals surface area contributed by atoms with Gasteiger partial charge in [0.25, 0.3) is 5.56 Å². The number of aromatic amines is 1. The second-order valence-electron chi connectivity index (χ2n) is 7.17. The minimum Gasteiger partial charge on any atom is -0.357 e. The van der Waals surface area contributed by atoms with E-state index in [2.05, 4.69) is 20.2 Å². The Morgan fingerprint density at radius 1 is 1.32 bits per heavy atom. The topological polar surface area (TPSA) is 102 Å². The standard InChI is InChI=1S/C21H25N5O2/c1-14-17(15(2)25-21(28)18(14)11-22)6-8-20(27)24-13-16-5-7-19(23-12-16)26-9-3-4-10-26/h5,7,12H,3-4,6,8-10,13H2,1-2H3,(H,24,27)(H,25,28). The van der Waals surface area contributed by atoms with Gasteiger partial charge in [-0.1, -0.05) is 6.07 Å². The molecule has 0 atom stereocenters. The Labute approximate surface area is 164 Å². The number of nitrogens with zero attached hydrogens (tertiary/aromatic N) is 3. The van der Waals surface area contributed by atoms with Crippen LogP contribution in [0.2, 0.25) is 0 Å². The highest BCUT2D eigenvalue weighted by Crippen LogP contribution is 2.18. The lowest BCUT2D eigenvalue weighted by atomic mass is 9.99. The molecule has 1 amide bonds. The van der Waals surface area contributed by atoms with E-state index in [0.29, 0.717) is 24.2 Å². The summed E-state index contributed by atoms with van der Waals surface area (Å²) in [6.45, 7) is 6.08. The van der Waals surface area contributed by atoms with Crippen molar-refractivity contribution < 1.29 is 4.79 Å². The second-order valence-corrected chi connectivity index (χ2v) is 7.17. The maximum atomic E-state index is 12.2. The van der Waals surface area contributed by atoms with Crippen molar-refractivity contribution in [3.8, 4) is 6.07 Å². The predicted molar refractivity (Wildman–Crippen MR) is 107 cm³/mol. The van der Waals surface area contributed by atoms with Crippen molar-refractivity contribution in [1.29, 1.82) is 5.26 Å². The molecule has 0 aliphatic carbocycles. The van der Waals surface area contributed by atoms with Gasteiger partial charge in [-0.3, -0.25) is 9.59 Å². The van der Waals surface area contributed by atoms with Crippen LogP contribution in [0.5, 0.6) is 0 Å². The summed E-state index contributed by atoms with van der Waals surface area (Å²) in [5, 5.41) is 12.0. The summed E-state index contributed by atoms with van der Waals surface area (Å²) in [6, 6.07) is 5.94.